The number of aliphatic hydroxyl groups is 1. The van der Waals surface area contributed by atoms with Gasteiger partial charge in [0, 0.05) is 36.7 Å². The monoisotopic (exact) mass is 590 g/mol. The number of aryl methyl sites for hydroxylation is 2. The largest absolute Gasteiger partial charge is 0.373 e. The summed E-state index contributed by atoms with van der Waals surface area (Å²) in [5.74, 6) is -0.752. The van der Waals surface area contributed by atoms with Crippen LogP contribution in [0, 0.1) is 11.8 Å². The normalized spacial score (nSPS) is 17.6. The number of unbranched alkanes of at least 4 members (excludes halogenated alkanes) is 1. The van der Waals surface area contributed by atoms with Gasteiger partial charge in [-0.3, -0.25) is 9.59 Å². The lowest BCUT2D eigenvalue weighted by atomic mass is 9.75. The van der Waals surface area contributed by atoms with Crippen molar-refractivity contribution in [3.63, 3.8) is 0 Å². The second-order valence-electron chi connectivity index (χ2n) is 10.3. The molecule has 4 aromatic rings. The zero-order valence-corrected chi connectivity index (χ0v) is 24.4. The molecule has 0 radical (unpaired) electrons. The summed E-state index contributed by atoms with van der Waals surface area (Å²) in [6, 6.07) is 19.1. The number of carbonyl (C=O) groups excluding carboxylic acids is 2. The molecule has 5 rings (SSSR count). The van der Waals surface area contributed by atoms with Crippen molar-refractivity contribution < 1.29 is 14.7 Å². The van der Waals surface area contributed by atoms with Gasteiger partial charge in [0.25, 0.3) is 0 Å². The Kier molecular flexibility index (Phi) is 10.2. The second kappa shape index (κ2) is 14.4. The standard InChI is InChI=1S/C30H34N6O3S2/c37-24(19-20-11-3-1-4-12-20)31-29-35-33-25(40-29)17-9-10-18-26-34-36-30(41-26)32-28(39)23-16-8-7-15-22(23)27(38)21-13-5-2-6-14-21/h1-6,11-14,22-24,37H,7-10,15-19H2,(H,31,35)(H,32,36,39). The fraction of sp³-hybridized carbons (Fsp3) is 0.400. The van der Waals surface area contributed by atoms with Crippen LogP contribution in [0.1, 0.15) is 64.5 Å². The van der Waals surface area contributed by atoms with Crippen molar-refractivity contribution >= 4 is 44.6 Å². The van der Waals surface area contributed by atoms with Crippen molar-refractivity contribution in [1.29, 1.82) is 0 Å². The first-order valence-corrected chi connectivity index (χ1v) is 15.7. The molecule has 0 bridgehead atoms. The summed E-state index contributed by atoms with van der Waals surface area (Å²) in [6.45, 7) is 0. The quantitative estimate of drug-likeness (QED) is 0.105. The number of amides is 1. The number of Topliss-reactive ketones (excluding diaryl/α,β-unsaturated/α-hetero) is 1. The molecule has 3 unspecified atom stereocenters. The van der Waals surface area contributed by atoms with Gasteiger partial charge in [0.05, 0.1) is 0 Å². The van der Waals surface area contributed by atoms with E-state index in [0.717, 1.165) is 60.5 Å². The predicted molar refractivity (Wildman–Crippen MR) is 161 cm³/mol. The molecule has 214 valence electrons. The average molecular weight is 591 g/mol. The number of aromatic nitrogens is 4. The number of anilines is 2. The van der Waals surface area contributed by atoms with Crippen molar-refractivity contribution in [1.82, 2.24) is 20.4 Å². The molecule has 11 heteroatoms. The van der Waals surface area contributed by atoms with Gasteiger partial charge in [0.15, 0.2) is 5.78 Å². The number of ketones is 1. The number of hydrogen-bond donors (Lipinski definition) is 3. The summed E-state index contributed by atoms with van der Waals surface area (Å²) in [6.07, 6.45) is 6.46. The summed E-state index contributed by atoms with van der Waals surface area (Å²) in [4.78, 5) is 26.3. The fourth-order valence-corrected chi connectivity index (χ4v) is 6.79. The SMILES string of the molecule is O=C(Nc1nnc(CCCCc2nnc(NC(O)Cc3ccccc3)s2)s1)C1CCCCC1C(=O)c1ccccc1. The highest BCUT2D eigenvalue weighted by molar-refractivity contribution is 7.15. The Bertz CT molecular complexity index is 1410. The van der Waals surface area contributed by atoms with Gasteiger partial charge in [-0.05, 0) is 31.2 Å². The van der Waals surface area contributed by atoms with E-state index in [1.807, 2.05) is 60.7 Å². The van der Waals surface area contributed by atoms with Crippen LogP contribution in [0.4, 0.5) is 10.3 Å². The molecule has 0 spiro atoms. The topological polar surface area (TPSA) is 130 Å². The van der Waals surface area contributed by atoms with Gasteiger partial charge >= 0.3 is 0 Å². The second-order valence-corrected chi connectivity index (χ2v) is 12.4. The van der Waals surface area contributed by atoms with Crippen molar-refractivity contribution in [2.45, 2.75) is 64.0 Å². The van der Waals surface area contributed by atoms with Gasteiger partial charge in [0.2, 0.25) is 16.2 Å². The number of benzene rings is 2. The maximum Gasteiger partial charge on any atom is 0.230 e. The number of rotatable bonds is 13. The third kappa shape index (κ3) is 8.25. The van der Waals surface area contributed by atoms with Crippen LogP contribution in [-0.4, -0.2) is 43.4 Å². The molecule has 2 aromatic carbocycles. The van der Waals surface area contributed by atoms with Gasteiger partial charge in [-0.2, -0.15) is 0 Å². The lowest BCUT2D eigenvalue weighted by Crippen LogP contribution is -2.36. The molecule has 3 N–H and O–H groups in total. The Balaban J connectivity index is 1.05. The molecule has 1 aliphatic rings. The van der Waals surface area contributed by atoms with E-state index in [0.29, 0.717) is 28.7 Å². The first-order valence-electron chi connectivity index (χ1n) is 14.1. The van der Waals surface area contributed by atoms with Crippen LogP contribution < -0.4 is 10.6 Å². The number of nitrogens with zero attached hydrogens (tertiary/aromatic N) is 4. The summed E-state index contributed by atoms with van der Waals surface area (Å²) < 4.78 is 0. The van der Waals surface area contributed by atoms with Crippen LogP contribution in [0.2, 0.25) is 0 Å². The molecule has 9 nitrogen and oxygen atoms in total. The van der Waals surface area contributed by atoms with E-state index < -0.39 is 6.23 Å². The van der Waals surface area contributed by atoms with Crippen molar-refractivity contribution in [3.05, 3.63) is 81.8 Å². The number of nitrogens with one attached hydrogen (secondary N) is 2. The Morgan fingerprint density at radius 2 is 1.39 bits per heavy atom. The molecule has 0 aliphatic heterocycles. The number of hydrogen-bond acceptors (Lipinski definition) is 10. The van der Waals surface area contributed by atoms with Gasteiger partial charge in [0.1, 0.15) is 16.2 Å². The van der Waals surface area contributed by atoms with E-state index in [9.17, 15) is 14.7 Å². The Morgan fingerprint density at radius 3 is 2.07 bits per heavy atom. The molecule has 1 fully saturated rings. The van der Waals surface area contributed by atoms with Crippen LogP contribution in [0.5, 0.6) is 0 Å². The Labute approximate surface area is 247 Å². The van der Waals surface area contributed by atoms with E-state index in [-0.39, 0.29) is 23.5 Å². The molecule has 1 aliphatic carbocycles. The lowest BCUT2D eigenvalue weighted by molar-refractivity contribution is -0.122. The molecular formula is C30H34N6O3S2. The zero-order valence-electron chi connectivity index (χ0n) is 22.7. The molecule has 2 heterocycles. The predicted octanol–water partition coefficient (Wildman–Crippen LogP) is 5.56. The maximum atomic E-state index is 13.1. The van der Waals surface area contributed by atoms with E-state index in [2.05, 4.69) is 31.0 Å². The molecule has 1 amide bonds. The highest BCUT2D eigenvalue weighted by Crippen LogP contribution is 2.34. The van der Waals surface area contributed by atoms with Crippen LogP contribution in [0.15, 0.2) is 60.7 Å². The third-order valence-electron chi connectivity index (χ3n) is 7.25. The van der Waals surface area contributed by atoms with Crippen LogP contribution in [0.3, 0.4) is 0 Å². The minimum absolute atomic E-state index is 0.0464. The van der Waals surface area contributed by atoms with E-state index in [1.54, 1.807) is 0 Å². The average Bonchev–Trinajstić information content (AvgIpc) is 3.64. The van der Waals surface area contributed by atoms with E-state index in [4.69, 9.17) is 0 Å². The summed E-state index contributed by atoms with van der Waals surface area (Å²) in [7, 11) is 0. The van der Waals surface area contributed by atoms with Crippen LogP contribution in [-0.2, 0) is 24.1 Å². The number of carbonyl (C=O) groups is 2. The first-order chi connectivity index (χ1) is 20.0. The zero-order chi connectivity index (χ0) is 28.4. The van der Waals surface area contributed by atoms with Crippen molar-refractivity contribution in [2.75, 3.05) is 10.6 Å². The minimum atomic E-state index is -0.723. The summed E-state index contributed by atoms with van der Waals surface area (Å²) >= 11 is 2.84. The lowest BCUT2D eigenvalue weighted by Gasteiger charge is -2.29. The smallest absolute Gasteiger partial charge is 0.230 e. The summed E-state index contributed by atoms with van der Waals surface area (Å²) in [5, 5.41) is 35.9. The minimum Gasteiger partial charge on any atom is -0.373 e. The molecule has 0 saturated heterocycles. The van der Waals surface area contributed by atoms with Gasteiger partial charge < -0.3 is 15.7 Å². The van der Waals surface area contributed by atoms with Gasteiger partial charge in [-0.25, -0.2) is 0 Å². The van der Waals surface area contributed by atoms with Crippen molar-refractivity contribution in [3.8, 4) is 0 Å². The highest BCUT2D eigenvalue weighted by atomic mass is 32.1. The van der Waals surface area contributed by atoms with Crippen LogP contribution in [0.25, 0.3) is 0 Å². The van der Waals surface area contributed by atoms with Crippen molar-refractivity contribution in [2.24, 2.45) is 11.8 Å². The number of aliphatic hydroxyl groups excluding tert-OH is 1. The maximum absolute atomic E-state index is 13.1. The third-order valence-corrected chi connectivity index (χ3v) is 9.07. The molecular weight excluding hydrogens is 557 g/mol. The van der Waals surface area contributed by atoms with E-state index >= 15 is 0 Å². The molecule has 2 aromatic heterocycles. The van der Waals surface area contributed by atoms with Crippen LogP contribution >= 0.6 is 22.7 Å². The fourth-order valence-electron chi connectivity index (χ4n) is 5.17. The van der Waals surface area contributed by atoms with Gasteiger partial charge in [-0.1, -0.05) is 96.2 Å². The van der Waals surface area contributed by atoms with E-state index in [1.165, 1.54) is 22.7 Å². The molecule has 41 heavy (non-hydrogen) atoms. The summed E-state index contributed by atoms with van der Waals surface area (Å²) in [5.41, 5.74) is 1.71. The molecule has 1 saturated carbocycles. The Morgan fingerprint density at radius 1 is 0.805 bits per heavy atom. The Hall–Kier alpha value is -3.54. The first kappa shape index (κ1) is 29.0. The molecule has 3 atom stereocenters. The van der Waals surface area contributed by atoms with Gasteiger partial charge in [-0.15, -0.1) is 20.4 Å². The highest BCUT2D eigenvalue weighted by Gasteiger charge is 2.36.